The molecule has 0 aliphatic carbocycles. The molecule has 0 fully saturated rings. The molecule has 0 saturated carbocycles. The Morgan fingerprint density at radius 3 is 2.81 bits per heavy atom. The third kappa shape index (κ3) is 2.84. The van der Waals surface area contributed by atoms with Crippen LogP contribution in [0.3, 0.4) is 0 Å². The van der Waals surface area contributed by atoms with Crippen LogP contribution in [0.15, 0.2) is 55.0 Å². The van der Waals surface area contributed by atoms with Gasteiger partial charge in [-0.15, -0.1) is 0 Å². The van der Waals surface area contributed by atoms with Crippen LogP contribution in [-0.2, 0) is 11.3 Å². The molecule has 2 aromatic heterocycles. The molecule has 2 N–H and O–H groups in total. The lowest BCUT2D eigenvalue weighted by Gasteiger charge is -2.12. The van der Waals surface area contributed by atoms with E-state index in [0.717, 1.165) is 23.0 Å². The Morgan fingerprint density at radius 2 is 2.00 bits per heavy atom. The lowest BCUT2D eigenvalue weighted by atomic mass is 10.00. The number of nitrogens with one attached hydrogen (secondary N) is 2. The van der Waals surface area contributed by atoms with Gasteiger partial charge < -0.3 is 14.9 Å². The molecule has 21 heavy (non-hydrogen) atoms. The molecule has 0 aliphatic rings. The van der Waals surface area contributed by atoms with Crippen LogP contribution < -0.4 is 5.32 Å². The number of carbonyl (C=O) groups is 1. The summed E-state index contributed by atoms with van der Waals surface area (Å²) in [4.78, 5) is 15.5. The fraction of sp³-hybridized carbons (Fsp3) is 0.235. The second-order valence-corrected chi connectivity index (χ2v) is 5.22. The van der Waals surface area contributed by atoms with E-state index >= 15 is 0 Å². The van der Waals surface area contributed by atoms with Crippen molar-refractivity contribution in [1.82, 2.24) is 14.9 Å². The summed E-state index contributed by atoms with van der Waals surface area (Å²) in [5.41, 5.74) is 2.11. The number of carbonyl (C=O) groups excluding carboxylic acids is 1. The van der Waals surface area contributed by atoms with Crippen LogP contribution in [0.25, 0.3) is 10.9 Å². The molecule has 1 amide bonds. The maximum atomic E-state index is 12.3. The molecular formula is C17H19N3O. The Kier molecular flexibility index (Phi) is 3.77. The van der Waals surface area contributed by atoms with Crippen molar-refractivity contribution >= 4 is 16.8 Å². The van der Waals surface area contributed by atoms with Crippen LogP contribution in [0.2, 0.25) is 0 Å². The molecular weight excluding hydrogens is 262 g/mol. The van der Waals surface area contributed by atoms with Gasteiger partial charge >= 0.3 is 0 Å². The first-order valence-corrected chi connectivity index (χ1v) is 7.20. The molecule has 0 spiro atoms. The fourth-order valence-corrected chi connectivity index (χ4v) is 2.57. The quantitative estimate of drug-likeness (QED) is 0.742. The van der Waals surface area contributed by atoms with Crippen molar-refractivity contribution in [2.45, 2.75) is 19.4 Å². The average Bonchev–Trinajstić information content (AvgIpc) is 3.15. The number of hydrogen-bond acceptors (Lipinski definition) is 1. The Balaban J connectivity index is 1.64. The van der Waals surface area contributed by atoms with Crippen LogP contribution in [-0.4, -0.2) is 22.0 Å². The monoisotopic (exact) mass is 281 g/mol. The Bertz CT molecular complexity index is 727. The second kappa shape index (κ2) is 5.87. The minimum atomic E-state index is -0.161. The summed E-state index contributed by atoms with van der Waals surface area (Å²) in [7, 11) is 0. The fourth-order valence-electron chi connectivity index (χ4n) is 2.57. The van der Waals surface area contributed by atoms with Gasteiger partial charge in [0, 0.05) is 42.6 Å². The van der Waals surface area contributed by atoms with Gasteiger partial charge in [-0.2, -0.15) is 0 Å². The highest BCUT2D eigenvalue weighted by Crippen LogP contribution is 2.25. The number of benzene rings is 1. The predicted molar refractivity (Wildman–Crippen MR) is 84.2 cm³/mol. The summed E-state index contributed by atoms with van der Waals surface area (Å²) in [5, 5.41) is 4.12. The zero-order valence-electron chi connectivity index (χ0n) is 12.0. The van der Waals surface area contributed by atoms with Crippen LogP contribution in [0.5, 0.6) is 0 Å². The number of para-hydroxylation sites is 1. The third-order valence-electron chi connectivity index (χ3n) is 3.82. The summed E-state index contributed by atoms with van der Waals surface area (Å²) in [5.74, 6) is -0.0993. The summed E-state index contributed by atoms with van der Waals surface area (Å²) in [6.07, 6.45) is 5.92. The van der Waals surface area contributed by atoms with Gasteiger partial charge in [-0.1, -0.05) is 18.2 Å². The molecule has 4 heteroatoms. The Hall–Kier alpha value is -2.49. The van der Waals surface area contributed by atoms with Gasteiger partial charge in [0.25, 0.3) is 0 Å². The first-order valence-electron chi connectivity index (χ1n) is 7.20. The van der Waals surface area contributed by atoms with Gasteiger partial charge in [-0.25, -0.2) is 0 Å². The SMILES string of the molecule is CC(C(=O)NCCn1cccc1)c1c[nH]c2ccccc12. The van der Waals surface area contributed by atoms with E-state index in [9.17, 15) is 4.79 Å². The van der Waals surface area contributed by atoms with Gasteiger partial charge in [0.1, 0.15) is 0 Å². The smallest absolute Gasteiger partial charge is 0.227 e. The van der Waals surface area contributed by atoms with E-state index in [-0.39, 0.29) is 11.8 Å². The van der Waals surface area contributed by atoms with Gasteiger partial charge in [0.15, 0.2) is 0 Å². The molecule has 0 bridgehead atoms. The predicted octanol–water partition coefficient (Wildman–Crippen LogP) is 2.89. The van der Waals surface area contributed by atoms with Gasteiger partial charge in [0.2, 0.25) is 5.91 Å². The van der Waals surface area contributed by atoms with E-state index in [4.69, 9.17) is 0 Å². The van der Waals surface area contributed by atoms with Gasteiger partial charge in [-0.05, 0) is 30.7 Å². The van der Waals surface area contributed by atoms with Crippen molar-refractivity contribution in [3.8, 4) is 0 Å². The maximum absolute atomic E-state index is 12.3. The van der Waals surface area contributed by atoms with Crippen molar-refractivity contribution in [3.05, 3.63) is 60.6 Å². The number of aromatic amines is 1. The zero-order chi connectivity index (χ0) is 14.7. The summed E-state index contributed by atoms with van der Waals surface area (Å²) in [6, 6.07) is 12.0. The van der Waals surface area contributed by atoms with E-state index in [1.165, 1.54) is 0 Å². The highest BCUT2D eigenvalue weighted by molar-refractivity contribution is 5.91. The highest BCUT2D eigenvalue weighted by atomic mass is 16.1. The molecule has 1 atom stereocenters. The number of fused-ring (bicyclic) bond motifs is 1. The van der Waals surface area contributed by atoms with Crippen LogP contribution >= 0.6 is 0 Å². The van der Waals surface area contributed by atoms with Crippen molar-refractivity contribution < 1.29 is 4.79 Å². The first-order chi connectivity index (χ1) is 10.3. The summed E-state index contributed by atoms with van der Waals surface area (Å²) >= 11 is 0. The summed E-state index contributed by atoms with van der Waals surface area (Å²) < 4.78 is 2.05. The van der Waals surface area contributed by atoms with E-state index < -0.39 is 0 Å². The molecule has 3 rings (SSSR count). The number of rotatable bonds is 5. The first kappa shape index (κ1) is 13.5. The van der Waals surface area contributed by atoms with E-state index in [1.807, 2.05) is 61.9 Å². The zero-order valence-corrected chi connectivity index (χ0v) is 12.0. The second-order valence-electron chi connectivity index (χ2n) is 5.22. The van der Waals surface area contributed by atoms with Crippen molar-refractivity contribution in [3.63, 3.8) is 0 Å². The molecule has 1 aromatic carbocycles. The van der Waals surface area contributed by atoms with Gasteiger partial charge in [-0.3, -0.25) is 4.79 Å². The molecule has 0 aliphatic heterocycles. The Morgan fingerprint density at radius 1 is 1.24 bits per heavy atom. The van der Waals surface area contributed by atoms with E-state index in [2.05, 4.69) is 14.9 Å². The lowest BCUT2D eigenvalue weighted by Crippen LogP contribution is -2.30. The molecule has 0 radical (unpaired) electrons. The summed E-state index contributed by atoms with van der Waals surface area (Å²) in [6.45, 7) is 3.38. The number of nitrogens with zero attached hydrogens (tertiary/aromatic N) is 1. The number of H-pyrrole nitrogens is 1. The molecule has 2 heterocycles. The van der Waals surface area contributed by atoms with Crippen LogP contribution in [0.1, 0.15) is 18.4 Å². The molecule has 4 nitrogen and oxygen atoms in total. The van der Waals surface area contributed by atoms with E-state index in [0.29, 0.717) is 6.54 Å². The molecule has 108 valence electrons. The minimum Gasteiger partial charge on any atom is -0.361 e. The minimum absolute atomic E-state index is 0.0620. The lowest BCUT2D eigenvalue weighted by molar-refractivity contribution is -0.122. The number of amides is 1. The molecule has 3 aromatic rings. The Labute approximate surface area is 123 Å². The molecule has 1 unspecified atom stereocenters. The van der Waals surface area contributed by atoms with Crippen LogP contribution in [0.4, 0.5) is 0 Å². The normalized spacial score (nSPS) is 12.4. The van der Waals surface area contributed by atoms with Crippen molar-refractivity contribution in [2.24, 2.45) is 0 Å². The van der Waals surface area contributed by atoms with Crippen LogP contribution in [0, 0.1) is 0 Å². The number of aromatic nitrogens is 2. The molecule has 0 saturated heterocycles. The maximum Gasteiger partial charge on any atom is 0.227 e. The largest absolute Gasteiger partial charge is 0.361 e. The highest BCUT2D eigenvalue weighted by Gasteiger charge is 2.18. The standard InChI is InChI=1S/C17H19N3O/c1-13(15-12-19-16-7-3-2-6-14(15)16)17(21)18-8-11-20-9-4-5-10-20/h2-7,9-10,12-13,19H,8,11H2,1H3,(H,18,21). The third-order valence-corrected chi connectivity index (χ3v) is 3.82. The van der Waals surface area contributed by atoms with E-state index in [1.54, 1.807) is 0 Å². The number of hydrogen-bond donors (Lipinski definition) is 2. The van der Waals surface area contributed by atoms with Gasteiger partial charge in [0.05, 0.1) is 5.92 Å². The van der Waals surface area contributed by atoms with Crippen molar-refractivity contribution in [2.75, 3.05) is 6.54 Å². The van der Waals surface area contributed by atoms with Crippen molar-refractivity contribution in [1.29, 1.82) is 0 Å². The topological polar surface area (TPSA) is 49.8 Å². The average molecular weight is 281 g/mol.